The van der Waals surface area contributed by atoms with Gasteiger partial charge in [0, 0.05) is 6.54 Å². The van der Waals surface area contributed by atoms with E-state index in [4.69, 9.17) is 14.2 Å². The van der Waals surface area contributed by atoms with Crippen molar-refractivity contribution in [2.75, 3.05) is 31.4 Å². The molecule has 0 spiro atoms. The topological polar surface area (TPSA) is 107 Å². The van der Waals surface area contributed by atoms with E-state index in [1.807, 2.05) is 13.8 Å². The van der Waals surface area contributed by atoms with Crippen molar-refractivity contribution < 1.29 is 19.0 Å². The Morgan fingerprint density at radius 1 is 1.03 bits per heavy atom. The van der Waals surface area contributed by atoms with Crippen LogP contribution in [-0.2, 0) is 9.53 Å². The Bertz CT molecular complexity index is 798. The standard InChI is InChI=1S/C21H31N5O4/c1-6-7-12-22-19-24-20(23-17(13-14(2)3)18(27)29-5)26-21(25-19)30-16-10-8-15(28-4)9-11-16/h8-11,14,17H,6-7,12-13H2,1-5H3,(H2,22,23,24,25,26)/t17-/m1/s1. The van der Waals surface area contributed by atoms with Crippen LogP contribution in [0.1, 0.15) is 40.0 Å². The summed E-state index contributed by atoms with van der Waals surface area (Å²) in [6, 6.07) is 6.63. The number of hydrogen-bond donors (Lipinski definition) is 2. The van der Waals surface area contributed by atoms with Crippen LogP contribution in [0, 0.1) is 5.92 Å². The number of carbonyl (C=O) groups excluding carboxylic acids is 1. The predicted octanol–water partition coefficient (Wildman–Crippen LogP) is 3.88. The molecule has 1 aromatic heterocycles. The van der Waals surface area contributed by atoms with Crippen LogP contribution in [0.4, 0.5) is 11.9 Å². The first-order valence-electron chi connectivity index (χ1n) is 10.1. The highest BCUT2D eigenvalue weighted by atomic mass is 16.5. The van der Waals surface area contributed by atoms with Crippen molar-refractivity contribution in [2.24, 2.45) is 5.92 Å². The van der Waals surface area contributed by atoms with Crippen LogP contribution in [0.25, 0.3) is 0 Å². The summed E-state index contributed by atoms with van der Waals surface area (Å²) in [7, 11) is 2.96. The van der Waals surface area contributed by atoms with Gasteiger partial charge in [0.25, 0.3) is 0 Å². The smallest absolute Gasteiger partial charge is 0.328 e. The molecule has 2 aromatic rings. The van der Waals surface area contributed by atoms with Crippen molar-refractivity contribution in [3.8, 4) is 17.5 Å². The van der Waals surface area contributed by atoms with E-state index in [2.05, 4.69) is 32.5 Å². The second-order valence-corrected chi connectivity index (χ2v) is 7.17. The Balaban J connectivity index is 2.26. The lowest BCUT2D eigenvalue weighted by atomic mass is 10.0. The second kappa shape index (κ2) is 11.8. The zero-order valence-electron chi connectivity index (χ0n) is 18.3. The summed E-state index contributed by atoms with van der Waals surface area (Å²) < 4.78 is 15.9. The molecule has 9 heteroatoms. The van der Waals surface area contributed by atoms with E-state index >= 15 is 0 Å². The van der Waals surface area contributed by atoms with E-state index < -0.39 is 6.04 Å². The highest BCUT2D eigenvalue weighted by Gasteiger charge is 2.22. The largest absolute Gasteiger partial charge is 0.497 e. The van der Waals surface area contributed by atoms with Gasteiger partial charge in [-0.15, -0.1) is 0 Å². The number of hydrogen-bond acceptors (Lipinski definition) is 9. The van der Waals surface area contributed by atoms with Crippen molar-refractivity contribution >= 4 is 17.9 Å². The van der Waals surface area contributed by atoms with Gasteiger partial charge in [-0.25, -0.2) is 4.79 Å². The van der Waals surface area contributed by atoms with Gasteiger partial charge >= 0.3 is 12.0 Å². The van der Waals surface area contributed by atoms with E-state index in [9.17, 15) is 4.79 Å². The number of methoxy groups -OCH3 is 2. The van der Waals surface area contributed by atoms with E-state index in [0.29, 0.717) is 24.7 Å². The zero-order valence-corrected chi connectivity index (χ0v) is 18.3. The minimum Gasteiger partial charge on any atom is -0.497 e. The average Bonchev–Trinajstić information content (AvgIpc) is 2.73. The maximum absolute atomic E-state index is 12.2. The SMILES string of the molecule is CCCCNc1nc(N[C@H](CC(C)C)C(=O)OC)nc(Oc2ccc(OC)cc2)n1. The van der Waals surface area contributed by atoms with Gasteiger partial charge in [0.15, 0.2) is 0 Å². The lowest BCUT2D eigenvalue weighted by Gasteiger charge is -2.19. The summed E-state index contributed by atoms with van der Waals surface area (Å²) in [5, 5.41) is 6.23. The molecule has 1 aromatic carbocycles. The summed E-state index contributed by atoms with van der Waals surface area (Å²) in [5.74, 6) is 1.79. The molecule has 164 valence electrons. The summed E-state index contributed by atoms with van der Waals surface area (Å²) in [5.41, 5.74) is 0. The quantitative estimate of drug-likeness (QED) is 0.393. The summed E-state index contributed by atoms with van der Waals surface area (Å²) in [6.07, 6.45) is 2.59. The van der Waals surface area contributed by atoms with Crippen LogP contribution in [-0.4, -0.2) is 47.7 Å². The van der Waals surface area contributed by atoms with Crippen molar-refractivity contribution in [3.63, 3.8) is 0 Å². The molecule has 0 unspecified atom stereocenters. The first-order valence-corrected chi connectivity index (χ1v) is 10.1. The van der Waals surface area contributed by atoms with Crippen LogP contribution in [0.15, 0.2) is 24.3 Å². The van der Waals surface area contributed by atoms with Gasteiger partial charge in [-0.3, -0.25) is 0 Å². The van der Waals surface area contributed by atoms with Gasteiger partial charge in [0.2, 0.25) is 11.9 Å². The first-order chi connectivity index (χ1) is 14.4. The van der Waals surface area contributed by atoms with Gasteiger partial charge in [-0.1, -0.05) is 27.2 Å². The number of nitrogens with one attached hydrogen (secondary N) is 2. The maximum atomic E-state index is 12.2. The van der Waals surface area contributed by atoms with Gasteiger partial charge in [0.1, 0.15) is 17.5 Å². The molecule has 0 aliphatic carbocycles. The molecular weight excluding hydrogens is 386 g/mol. The summed E-state index contributed by atoms with van der Waals surface area (Å²) >= 11 is 0. The number of anilines is 2. The average molecular weight is 418 g/mol. The van der Waals surface area contributed by atoms with Crippen molar-refractivity contribution in [3.05, 3.63) is 24.3 Å². The molecule has 2 rings (SSSR count). The Morgan fingerprint density at radius 3 is 2.30 bits per heavy atom. The molecule has 0 aliphatic heterocycles. The van der Waals surface area contributed by atoms with E-state index in [0.717, 1.165) is 18.6 Å². The highest BCUT2D eigenvalue weighted by Crippen LogP contribution is 2.23. The molecule has 0 aliphatic rings. The van der Waals surface area contributed by atoms with Crippen molar-refractivity contribution in [2.45, 2.75) is 46.1 Å². The highest BCUT2D eigenvalue weighted by molar-refractivity contribution is 5.78. The molecule has 1 atom stereocenters. The van der Waals surface area contributed by atoms with Gasteiger partial charge in [-0.2, -0.15) is 15.0 Å². The Kier molecular flexibility index (Phi) is 9.11. The maximum Gasteiger partial charge on any atom is 0.328 e. The number of nitrogens with zero attached hydrogens (tertiary/aromatic N) is 3. The van der Waals surface area contributed by atoms with Gasteiger partial charge in [-0.05, 0) is 43.0 Å². The molecule has 2 N–H and O–H groups in total. The minimum absolute atomic E-state index is 0.116. The number of aromatic nitrogens is 3. The van der Waals surface area contributed by atoms with Crippen LogP contribution < -0.4 is 20.1 Å². The molecule has 0 bridgehead atoms. The molecule has 0 saturated heterocycles. The molecule has 0 saturated carbocycles. The van der Waals surface area contributed by atoms with Crippen LogP contribution in [0.5, 0.6) is 17.5 Å². The predicted molar refractivity (Wildman–Crippen MR) is 115 cm³/mol. The number of benzene rings is 1. The fourth-order valence-electron chi connectivity index (χ4n) is 2.66. The fraction of sp³-hybridized carbons (Fsp3) is 0.524. The van der Waals surface area contributed by atoms with Crippen molar-refractivity contribution in [1.82, 2.24) is 15.0 Å². The third kappa shape index (κ3) is 7.38. The molecule has 1 heterocycles. The number of esters is 1. The number of ether oxygens (including phenoxy) is 3. The summed E-state index contributed by atoms with van der Waals surface area (Å²) in [6.45, 7) is 6.88. The Hall–Kier alpha value is -3.10. The van der Waals surface area contributed by atoms with Crippen molar-refractivity contribution in [1.29, 1.82) is 0 Å². The Morgan fingerprint density at radius 2 is 1.70 bits per heavy atom. The van der Waals surface area contributed by atoms with Crippen LogP contribution in [0.3, 0.4) is 0 Å². The molecule has 0 amide bonds. The molecule has 30 heavy (non-hydrogen) atoms. The van der Waals surface area contributed by atoms with Gasteiger partial charge < -0.3 is 24.8 Å². The third-order valence-electron chi connectivity index (χ3n) is 4.19. The van der Waals surface area contributed by atoms with Gasteiger partial charge in [0.05, 0.1) is 14.2 Å². The van der Waals surface area contributed by atoms with E-state index in [1.165, 1.54) is 7.11 Å². The second-order valence-electron chi connectivity index (χ2n) is 7.17. The molecule has 0 fully saturated rings. The number of rotatable bonds is 12. The number of unbranched alkanes of at least 4 members (excludes halogenated alkanes) is 1. The van der Waals surface area contributed by atoms with E-state index in [-0.39, 0.29) is 23.8 Å². The van der Waals surface area contributed by atoms with Crippen LogP contribution >= 0.6 is 0 Å². The minimum atomic E-state index is -0.574. The molecule has 9 nitrogen and oxygen atoms in total. The first kappa shape index (κ1) is 23.2. The molecule has 0 radical (unpaired) electrons. The Labute approximate surface area is 177 Å². The zero-order chi connectivity index (χ0) is 21.9. The lowest BCUT2D eigenvalue weighted by molar-refractivity contribution is -0.141. The van der Waals surface area contributed by atoms with E-state index in [1.54, 1.807) is 31.4 Å². The van der Waals surface area contributed by atoms with Crippen LogP contribution in [0.2, 0.25) is 0 Å². The monoisotopic (exact) mass is 417 g/mol. The molecular formula is C21H31N5O4. The fourth-order valence-corrected chi connectivity index (χ4v) is 2.66. The summed E-state index contributed by atoms with van der Waals surface area (Å²) in [4.78, 5) is 25.2. The normalized spacial score (nSPS) is 11.7. The number of carbonyl (C=O) groups is 1. The lowest BCUT2D eigenvalue weighted by Crippen LogP contribution is -2.33. The third-order valence-corrected chi connectivity index (χ3v) is 4.19.